The number of fused-ring (bicyclic) bond motifs is 4. The van der Waals surface area contributed by atoms with Gasteiger partial charge in [-0.25, -0.2) is 0 Å². The summed E-state index contributed by atoms with van der Waals surface area (Å²) in [6, 6.07) is 17.0. The molecule has 2 N–H and O–H groups in total. The Morgan fingerprint density at radius 2 is 1.72 bits per heavy atom. The maximum absolute atomic E-state index is 11.5. The summed E-state index contributed by atoms with van der Waals surface area (Å²) in [5.74, 6) is 0.926. The topological polar surface area (TPSA) is 138 Å². The molecule has 0 fully saturated rings. The molecule has 4 aromatic rings. The van der Waals surface area contributed by atoms with Gasteiger partial charge in [-0.1, -0.05) is 42.8 Å². The first-order chi connectivity index (χ1) is 20.4. The third-order valence-electron chi connectivity index (χ3n) is 7.15. The van der Waals surface area contributed by atoms with Gasteiger partial charge in [0.25, 0.3) is 25.8 Å². The summed E-state index contributed by atoms with van der Waals surface area (Å²) >= 11 is 6.27. The zero-order chi connectivity index (χ0) is 30.8. The third kappa shape index (κ3) is 7.57. The number of aromatic nitrogens is 1. The highest BCUT2D eigenvalue weighted by atomic mass is 35.5. The minimum absolute atomic E-state index is 0.182. The molecule has 10 nitrogen and oxygen atoms in total. The third-order valence-corrected chi connectivity index (χ3v) is 8.99. The van der Waals surface area contributed by atoms with Crippen LogP contribution in [-0.2, 0) is 26.8 Å². The van der Waals surface area contributed by atoms with Crippen LogP contribution in [-0.4, -0.2) is 44.0 Å². The smallest absolute Gasteiger partial charge is 0.374 e. The molecule has 0 saturated carbocycles. The first-order valence-electron chi connectivity index (χ1n) is 13.8. The fourth-order valence-corrected chi connectivity index (χ4v) is 6.37. The van der Waals surface area contributed by atoms with E-state index in [1.54, 1.807) is 18.2 Å². The van der Waals surface area contributed by atoms with Gasteiger partial charge in [-0.05, 0) is 60.6 Å². The van der Waals surface area contributed by atoms with Crippen LogP contribution in [0.15, 0.2) is 76.5 Å². The quantitative estimate of drug-likeness (QED) is 0.108. The molecule has 43 heavy (non-hydrogen) atoms. The Kier molecular flexibility index (Phi) is 9.14. The lowest BCUT2D eigenvalue weighted by Gasteiger charge is -2.18. The van der Waals surface area contributed by atoms with Crippen LogP contribution in [0, 0.1) is 0 Å². The first-order valence-corrected chi connectivity index (χ1v) is 17.4. The molecule has 2 heterocycles. The second-order valence-electron chi connectivity index (χ2n) is 10.3. The van der Waals surface area contributed by atoms with Crippen LogP contribution >= 0.6 is 11.6 Å². The molecule has 0 unspecified atom stereocenters. The van der Waals surface area contributed by atoms with Crippen LogP contribution in [0.4, 0.5) is 5.69 Å². The van der Waals surface area contributed by atoms with E-state index in [2.05, 4.69) is 0 Å². The van der Waals surface area contributed by atoms with E-state index in [1.807, 2.05) is 64.9 Å². The fraction of sp³-hybridized carbons (Fsp3) is 0.300. The average Bonchev–Trinajstić information content (AvgIpc) is 3.46. The summed E-state index contributed by atoms with van der Waals surface area (Å²) < 4.78 is 78.2. The van der Waals surface area contributed by atoms with Crippen LogP contribution in [0.3, 0.4) is 0 Å². The molecule has 0 spiro atoms. The zero-order valence-corrected chi connectivity index (χ0v) is 25.8. The van der Waals surface area contributed by atoms with Crippen LogP contribution in [0.5, 0.6) is 5.75 Å². The molecular weight excluding hydrogens is 616 g/mol. The zero-order valence-electron chi connectivity index (χ0n) is 23.4. The number of hydrogen-bond acceptors (Lipinski definition) is 7. The Labute approximate surface area is 255 Å². The van der Waals surface area contributed by atoms with Gasteiger partial charge in [-0.3, -0.25) is 9.11 Å². The molecule has 0 saturated heterocycles. The summed E-state index contributed by atoms with van der Waals surface area (Å²) in [7, 11) is -8.19. The van der Waals surface area contributed by atoms with E-state index in [0.29, 0.717) is 54.1 Å². The van der Waals surface area contributed by atoms with Gasteiger partial charge in [0.05, 0.1) is 28.7 Å². The largest absolute Gasteiger partial charge is 0.439 e. The van der Waals surface area contributed by atoms with Gasteiger partial charge < -0.3 is 14.1 Å². The van der Waals surface area contributed by atoms with Crippen molar-refractivity contribution >= 4 is 65.5 Å². The second kappa shape index (κ2) is 12.7. The van der Waals surface area contributed by atoms with Crippen molar-refractivity contribution in [1.29, 1.82) is 0 Å². The van der Waals surface area contributed by atoms with Gasteiger partial charge in [0, 0.05) is 24.1 Å². The molecule has 1 aliphatic heterocycles. The number of halogens is 1. The number of oxazole rings is 1. The molecule has 0 aliphatic carbocycles. The highest BCUT2D eigenvalue weighted by Crippen LogP contribution is 2.41. The van der Waals surface area contributed by atoms with Crippen LogP contribution in [0.1, 0.15) is 38.5 Å². The molecule has 0 bridgehead atoms. The van der Waals surface area contributed by atoms with Crippen LogP contribution in [0.25, 0.3) is 27.9 Å². The highest BCUT2D eigenvalue weighted by Gasteiger charge is 2.28. The normalized spacial score (nSPS) is 15.0. The summed E-state index contributed by atoms with van der Waals surface area (Å²) in [6.45, 7) is 2.71. The molecule has 0 radical (unpaired) electrons. The Morgan fingerprint density at radius 1 is 0.977 bits per heavy atom. The molecule has 1 aliphatic rings. The molecule has 13 heteroatoms. The number of rotatable bonds is 12. The van der Waals surface area contributed by atoms with Crippen molar-refractivity contribution in [3.63, 3.8) is 0 Å². The van der Waals surface area contributed by atoms with Crippen molar-refractivity contribution in [1.82, 2.24) is 0 Å². The maximum atomic E-state index is 11.5. The molecule has 228 valence electrons. The van der Waals surface area contributed by atoms with Gasteiger partial charge >= 0.3 is 5.89 Å². The lowest BCUT2D eigenvalue weighted by atomic mass is 10.1. The molecular formula is C30H32ClN2O8S2+. The van der Waals surface area contributed by atoms with E-state index >= 15 is 0 Å². The number of anilines is 1. The van der Waals surface area contributed by atoms with E-state index in [9.17, 15) is 21.4 Å². The van der Waals surface area contributed by atoms with Gasteiger partial charge in [0.1, 0.15) is 0 Å². The number of ether oxygens (including phenoxy) is 1. The monoisotopic (exact) mass is 647 g/mol. The molecule has 0 atom stereocenters. The minimum Gasteiger partial charge on any atom is -0.439 e. The highest BCUT2D eigenvalue weighted by molar-refractivity contribution is 7.86. The van der Waals surface area contributed by atoms with Crippen molar-refractivity contribution in [2.45, 2.75) is 39.2 Å². The summed E-state index contributed by atoms with van der Waals surface area (Å²) in [6.07, 6.45) is 5.29. The molecule has 3 aromatic carbocycles. The minimum atomic E-state index is -4.13. The number of hydrogen-bond donors (Lipinski definition) is 2. The van der Waals surface area contributed by atoms with Crippen molar-refractivity contribution in [3.05, 3.63) is 83.0 Å². The Bertz CT molecular complexity index is 1950. The second-order valence-corrected chi connectivity index (χ2v) is 13.9. The number of benzene rings is 3. The van der Waals surface area contributed by atoms with Gasteiger partial charge in [0.2, 0.25) is 11.5 Å². The van der Waals surface area contributed by atoms with Crippen molar-refractivity contribution < 1.29 is 39.7 Å². The van der Waals surface area contributed by atoms with E-state index < -0.39 is 20.2 Å². The predicted octanol–water partition coefficient (Wildman–Crippen LogP) is 6.01. The van der Waals surface area contributed by atoms with Crippen molar-refractivity contribution in [2.24, 2.45) is 0 Å². The lowest BCUT2D eigenvalue weighted by Crippen LogP contribution is -2.36. The predicted molar refractivity (Wildman–Crippen MR) is 166 cm³/mol. The standard InChI is InChI=1S/C30H31ClN2O8S2/c1-2-21(18-28-32(14-5-6-16-42(34,35)36)25-20-23(31)11-13-26(25)40-28)19-29-33(15-7-17-43(37,38)39)30-24-9-4-3-8-22(24)10-12-27(30)41-29/h3-4,8-13,18-20H,2,5-7,14-17H2,1H3,(H-,34,35,36,37,38,39)/p+1. The lowest BCUT2D eigenvalue weighted by molar-refractivity contribution is -0.677. The van der Waals surface area contributed by atoms with Crippen molar-refractivity contribution in [2.75, 3.05) is 23.0 Å². The van der Waals surface area contributed by atoms with E-state index in [1.165, 1.54) is 0 Å². The Morgan fingerprint density at radius 3 is 2.47 bits per heavy atom. The first kappa shape index (κ1) is 31.0. The molecule has 1 aromatic heterocycles. The van der Waals surface area contributed by atoms with Crippen molar-refractivity contribution in [3.8, 4) is 5.75 Å². The average molecular weight is 648 g/mol. The molecule has 0 amide bonds. The number of aryl methyl sites for hydroxylation is 1. The number of nitrogens with zero attached hydrogens (tertiary/aromatic N) is 2. The Hall–Kier alpha value is -3.42. The SMILES string of the molecule is CCC(=Cc1oc2ccc3ccccc3c2[n+]1CCCS(=O)(=O)O)C=C1Oc2ccc(Cl)cc2N1CCCCS(=O)(=O)O. The molecule has 5 rings (SSSR count). The van der Waals surface area contributed by atoms with Gasteiger partial charge in [-0.2, -0.15) is 21.4 Å². The number of allylic oxidation sites excluding steroid dienone is 2. The summed E-state index contributed by atoms with van der Waals surface area (Å²) in [5.41, 5.74) is 3.06. The van der Waals surface area contributed by atoms with E-state index in [-0.39, 0.29) is 24.3 Å². The van der Waals surface area contributed by atoms with Crippen LogP contribution < -0.4 is 14.2 Å². The van der Waals surface area contributed by atoms with E-state index in [4.69, 9.17) is 25.3 Å². The van der Waals surface area contributed by atoms with Gasteiger partial charge in [0.15, 0.2) is 12.3 Å². The fourth-order valence-electron chi connectivity index (χ4n) is 5.14. The van der Waals surface area contributed by atoms with E-state index in [0.717, 1.165) is 27.5 Å². The Balaban J connectivity index is 1.53. The summed E-state index contributed by atoms with van der Waals surface area (Å²) in [4.78, 5) is 1.92. The number of unbranched alkanes of at least 4 members (excludes halogenated alkanes) is 1. The van der Waals surface area contributed by atoms with Gasteiger partial charge in [-0.15, -0.1) is 0 Å². The summed E-state index contributed by atoms with van der Waals surface area (Å²) in [5, 5.41) is 2.49. The van der Waals surface area contributed by atoms with Crippen LogP contribution in [0.2, 0.25) is 5.02 Å². The maximum Gasteiger partial charge on any atom is 0.374 e.